The van der Waals surface area contributed by atoms with Crippen LogP contribution in [0.4, 0.5) is 0 Å². The van der Waals surface area contributed by atoms with Gasteiger partial charge in [0.2, 0.25) is 0 Å². The Morgan fingerprint density at radius 2 is 2.07 bits per heavy atom. The molecule has 0 unspecified atom stereocenters. The van der Waals surface area contributed by atoms with Gasteiger partial charge >= 0.3 is 0 Å². The highest BCUT2D eigenvalue weighted by molar-refractivity contribution is 5.48. The predicted octanol–water partition coefficient (Wildman–Crippen LogP) is 1.36. The second-order valence-electron chi connectivity index (χ2n) is 2.94. The topological polar surface area (TPSA) is 50.7 Å². The minimum Gasteiger partial charge on any atom is -0.507 e. The molecule has 14 heavy (non-hydrogen) atoms. The quantitative estimate of drug-likeness (QED) is 0.715. The number of ether oxygens (including phenoxy) is 1. The summed E-state index contributed by atoms with van der Waals surface area (Å²) in [6.45, 7) is 2.25. The van der Waals surface area contributed by atoms with E-state index >= 15 is 0 Å². The van der Waals surface area contributed by atoms with E-state index in [1.54, 1.807) is 7.11 Å². The highest BCUT2D eigenvalue weighted by atomic mass is 16.6. The zero-order chi connectivity index (χ0) is 10.6. The number of methoxy groups -OCH3 is 1. The van der Waals surface area contributed by atoms with Crippen LogP contribution in [0, 0.1) is 6.92 Å². The lowest BCUT2D eigenvalue weighted by atomic mass is 10.1. The van der Waals surface area contributed by atoms with Gasteiger partial charge in [-0.25, -0.2) is 0 Å². The van der Waals surface area contributed by atoms with Crippen LogP contribution in [-0.4, -0.2) is 19.3 Å². The van der Waals surface area contributed by atoms with E-state index < -0.39 is 0 Å². The first-order chi connectivity index (χ1) is 6.70. The molecule has 0 aliphatic carbocycles. The fourth-order valence-electron chi connectivity index (χ4n) is 1.24. The smallest absolute Gasteiger partial charge is 0.127 e. The van der Waals surface area contributed by atoms with Gasteiger partial charge in [-0.2, -0.15) is 5.48 Å². The minimum atomic E-state index is 0.244. The van der Waals surface area contributed by atoms with Crippen LogP contribution >= 0.6 is 0 Å². The lowest BCUT2D eigenvalue weighted by Crippen LogP contribution is -2.12. The largest absolute Gasteiger partial charge is 0.507 e. The van der Waals surface area contributed by atoms with Crippen LogP contribution in [0.3, 0.4) is 0 Å². The summed E-state index contributed by atoms with van der Waals surface area (Å²) in [4.78, 5) is 4.72. The molecule has 0 heterocycles. The van der Waals surface area contributed by atoms with Crippen molar-refractivity contribution in [1.29, 1.82) is 0 Å². The number of hydrogen-bond acceptors (Lipinski definition) is 4. The molecule has 0 bridgehead atoms. The van der Waals surface area contributed by atoms with Gasteiger partial charge in [-0.05, 0) is 18.6 Å². The van der Waals surface area contributed by atoms with Crippen molar-refractivity contribution < 1.29 is 14.7 Å². The highest BCUT2D eigenvalue weighted by Crippen LogP contribution is 2.30. The summed E-state index contributed by atoms with van der Waals surface area (Å²) in [7, 11) is 3.10. The van der Waals surface area contributed by atoms with E-state index in [-0.39, 0.29) is 5.75 Å². The first-order valence-corrected chi connectivity index (χ1v) is 4.32. The molecule has 1 aromatic rings. The molecule has 4 nitrogen and oxygen atoms in total. The Kier molecular flexibility index (Phi) is 3.73. The van der Waals surface area contributed by atoms with E-state index in [9.17, 15) is 5.11 Å². The Bertz CT molecular complexity index is 312. The fraction of sp³-hybridized carbons (Fsp3) is 0.400. The third-order valence-corrected chi connectivity index (χ3v) is 2.05. The van der Waals surface area contributed by atoms with Gasteiger partial charge < -0.3 is 14.7 Å². The summed E-state index contributed by atoms with van der Waals surface area (Å²) < 4.78 is 5.12. The van der Waals surface area contributed by atoms with E-state index in [2.05, 4.69) is 5.48 Å². The summed E-state index contributed by atoms with van der Waals surface area (Å²) in [6, 6.07) is 3.63. The molecular formula is C10H15NO3. The maximum atomic E-state index is 9.76. The van der Waals surface area contributed by atoms with Gasteiger partial charge in [-0.15, -0.1) is 0 Å². The van der Waals surface area contributed by atoms with Gasteiger partial charge in [-0.3, -0.25) is 0 Å². The van der Waals surface area contributed by atoms with Crippen molar-refractivity contribution in [3.8, 4) is 11.5 Å². The van der Waals surface area contributed by atoms with Crippen LogP contribution in [0.15, 0.2) is 12.1 Å². The summed E-state index contributed by atoms with van der Waals surface area (Å²) in [5.74, 6) is 0.895. The molecule has 4 heteroatoms. The standard InChI is InChI=1S/C10H15NO3/c1-7-4-5-9(13-2)8(10(7)12)6-11-14-3/h4-5,11-12H,6H2,1-3H3. The number of hydroxylamine groups is 1. The Morgan fingerprint density at radius 1 is 1.36 bits per heavy atom. The van der Waals surface area contributed by atoms with Gasteiger partial charge in [0.25, 0.3) is 0 Å². The Balaban J connectivity index is 3.01. The summed E-state index contributed by atoms with van der Waals surface area (Å²) in [6.07, 6.45) is 0. The lowest BCUT2D eigenvalue weighted by molar-refractivity contribution is 0.0855. The zero-order valence-electron chi connectivity index (χ0n) is 8.63. The summed E-state index contributed by atoms with van der Waals surface area (Å²) in [5.41, 5.74) is 4.19. The first kappa shape index (κ1) is 10.8. The fourth-order valence-corrected chi connectivity index (χ4v) is 1.24. The van der Waals surface area contributed by atoms with Crippen LogP contribution in [-0.2, 0) is 11.4 Å². The predicted molar refractivity (Wildman–Crippen MR) is 53.2 cm³/mol. The monoisotopic (exact) mass is 197 g/mol. The Labute approximate surface area is 83.4 Å². The molecule has 0 spiro atoms. The molecule has 0 fully saturated rings. The third-order valence-electron chi connectivity index (χ3n) is 2.05. The number of rotatable bonds is 4. The minimum absolute atomic E-state index is 0.244. The highest BCUT2D eigenvalue weighted by Gasteiger charge is 2.10. The van der Waals surface area contributed by atoms with Crippen molar-refractivity contribution >= 4 is 0 Å². The number of phenolic OH excluding ortho intramolecular Hbond substituents is 1. The van der Waals surface area contributed by atoms with Crippen LogP contribution in [0.1, 0.15) is 11.1 Å². The SMILES string of the molecule is CONCc1c(OC)ccc(C)c1O. The molecule has 1 aromatic carbocycles. The van der Waals surface area contributed by atoms with E-state index in [0.29, 0.717) is 17.9 Å². The molecule has 0 atom stereocenters. The van der Waals surface area contributed by atoms with Crippen LogP contribution in [0.25, 0.3) is 0 Å². The molecule has 0 amide bonds. The average molecular weight is 197 g/mol. The zero-order valence-corrected chi connectivity index (χ0v) is 8.63. The molecule has 0 aromatic heterocycles. The molecule has 78 valence electrons. The second kappa shape index (κ2) is 4.83. The number of hydrogen-bond donors (Lipinski definition) is 2. The first-order valence-electron chi connectivity index (χ1n) is 4.32. The van der Waals surface area contributed by atoms with Crippen molar-refractivity contribution in [1.82, 2.24) is 5.48 Å². The van der Waals surface area contributed by atoms with E-state index in [1.807, 2.05) is 19.1 Å². The summed E-state index contributed by atoms with van der Waals surface area (Å²) in [5, 5.41) is 9.76. The summed E-state index contributed by atoms with van der Waals surface area (Å²) >= 11 is 0. The normalized spacial score (nSPS) is 10.2. The number of aromatic hydroxyl groups is 1. The molecular weight excluding hydrogens is 182 g/mol. The molecule has 2 N–H and O–H groups in total. The third kappa shape index (κ3) is 2.16. The van der Waals surface area contributed by atoms with Crippen molar-refractivity contribution in [3.05, 3.63) is 23.3 Å². The number of benzene rings is 1. The average Bonchev–Trinajstić information content (AvgIpc) is 2.20. The van der Waals surface area contributed by atoms with Gasteiger partial charge in [0.1, 0.15) is 11.5 Å². The molecule has 0 aliphatic heterocycles. The van der Waals surface area contributed by atoms with Crippen LogP contribution < -0.4 is 10.2 Å². The maximum Gasteiger partial charge on any atom is 0.127 e. The number of phenols is 1. The van der Waals surface area contributed by atoms with Crippen molar-refractivity contribution in [2.24, 2.45) is 0 Å². The molecule has 1 rings (SSSR count). The lowest BCUT2D eigenvalue weighted by Gasteiger charge is -2.12. The number of aryl methyl sites for hydroxylation is 1. The Hall–Kier alpha value is -1.26. The Morgan fingerprint density at radius 3 is 2.64 bits per heavy atom. The number of nitrogens with one attached hydrogen (secondary N) is 1. The van der Waals surface area contributed by atoms with Crippen LogP contribution in [0.2, 0.25) is 0 Å². The molecule has 0 radical (unpaired) electrons. The second-order valence-corrected chi connectivity index (χ2v) is 2.94. The van der Waals surface area contributed by atoms with Gasteiger partial charge in [0.15, 0.2) is 0 Å². The van der Waals surface area contributed by atoms with E-state index in [4.69, 9.17) is 9.57 Å². The van der Waals surface area contributed by atoms with Crippen molar-refractivity contribution in [2.45, 2.75) is 13.5 Å². The van der Waals surface area contributed by atoms with Gasteiger partial charge in [0, 0.05) is 0 Å². The van der Waals surface area contributed by atoms with E-state index in [0.717, 1.165) is 5.56 Å². The van der Waals surface area contributed by atoms with E-state index in [1.165, 1.54) is 7.11 Å². The van der Waals surface area contributed by atoms with Crippen LogP contribution in [0.5, 0.6) is 11.5 Å². The van der Waals surface area contributed by atoms with Crippen molar-refractivity contribution in [2.75, 3.05) is 14.2 Å². The molecule has 0 aliphatic rings. The van der Waals surface area contributed by atoms with Crippen molar-refractivity contribution in [3.63, 3.8) is 0 Å². The molecule has 0 saturated carbocycles. The molecule has 0 saturated heterocycles. The maximum absolute atomic E-state index is 9.76. The van der Waals surface area contributed by atoms with Gasteiger partial charge in [-0.1, -0.05) is 6.07 Å². The van der Waals surface area contributed by atoms with Gasteiger partial charge in [0.05, 0.1) is 26.3 Å².